The van der Waals surface area contributed by atoms with E-state index < -0.39 is 0 Å². The van der Waals surface area contributed by atoms with E-state index in [-0.39, 0.29) is 0 Å². The molecular weight excluding hydrogens is 348 g/mol. The molecule has 0 amide bonds. The van der Waals surface area contributed by atoms with Crippen LogP contribution in [0.25, 0.3) is 16.9 Å². The van der Waals surface area contributed by atoms with Crippen LogP contribution in [0.5, 0.6) is 0 Å². The SMILES string of the molecule is N#Cc1cccc(Nc2c(-c3ccc(Cl)cc3)nc3c(C#N)c[nH]n23)c1. The zero-order valence-corrected chi connectivity index (χ0v) is 14.1. The second-order valence-electron chi connectivity index (χ2n) is 5.59. The fourth-order valence-corrected chi connectivity index (χ4v) is 2.86. The molecule has 2 heterocycles. The summed E-state index contributed by atoms with van der Waals surface area (Å²) in [6.45, 7) is 0. The van der Waals surface area contributed by atoms with Gasteiger partial charge in [-0.3, -0.25) is 5.10 Å². The number of benzene rings is 2. The lowest BCUT2D eigenvalue weighted by atomic mass is 10.1. The van der Waals surface area contributed by atoms with E-state index in [1.807, 2.05) is 18.2 Å². The molecule has 0 saturated heterocycles. The molecule has 0 bridgehead atoms. The Balaban J connectivity index is 1.89. The lowest BCUT2D eigenvalue weighted by Crippen LogP contribution is -1.98. The number of hydrogen-bond acceptors (Lipinski definition) is 4. The van der Waals surface area contributed by atoms with Gasteiger partial charge in [0.1, 0.15) is 17.3 Å². The Bertz CT molecular complexity index is 1190. The van der Waals surface area contributed by atoms with Crippen molar-refractivity contribution in [1.29, 1.82) is 10.5 Å². The Morgan fingerprint density at radius 3 is 2.62 bits per heavy atom. The van der Waals surface area contributed by atoms with Crippen molar-refractivity contribution in [3.8, 4) is 23.4 Å². The number of halogens is 1. The van der Waals surface area contributed by atoms with Gasteiger partial charge < -0.3 is 5.32 Å². The number of nitriles is 2. The maximum atomic E-state index is 9.29. The number of fused-ring (bicyclic) bond motifs is 1. The highest BCUT2D eigenvalue weighted by Gasteiger charge is 2.18. The third-order valence-electron chi connectivity index (χ3n) is 3.95. The smallest absolute Gasteiger partial charge is 0.173 e. The van der Waals surface area contributed by atoms with E-state index in [0.717, 1.165) is 11.3 Å². The molecule has 7 heteroatoms. The topological polar surface area (TPSA) is 92.7 Å². The molecule has 2 aromatic carbocycles. The van der Waals surface area contributed by atoms with Crippen molar-refractivity contribution in [2.45, 2.75) is 0 Å². The highest BCUT2D eigenvalue weighted by atomic mass is 35.5. The molecule has 0 unspecified atom stereocenters. The van der Waals surface area contributed by atoms with Crippen LogP contribution >= 0.6 is 11.6 Å². The molecule has 4 aromatic rings. The molecule has 0 fully saturated rings. The van der Waals surface area contributed by atoms with Gasteiger partial charge in [0.15, 0.2) is 11.5 Å². The average molecular weight is 359 g/mol. The molecule has 4 rings (SSSR count). The molecule has 124 valence electrons. The summed E-state index contributed by atoms with van der Waals surface area (Å²) in [7, 11) is 0. The minimum atomic E-state index is 0.444. The summed E-state index contributed by atoms with van der Waals surface area (Å²) in [6.07, 6.45) is 1.60. The second-order valence-corrected chi connectivity index (χ2v) is 6.03. The lowest BCUT2D eigenvalue weighted by Gasteiger charge is -2.08. The van der Waals surface area contributed by atoms with Crippen LogP contribution < -0.4 is 5.32 Å². The fraction of sp³-hybridized carbons (Fsp3) is 0. The lowest BCUT2D eigenvalue weighted by molar-refractivity contribution is 0.980. The summed E-state index contributed by atoms with van der Waals surface area (Å²) in [5, 5.41) is 25.4. The van der Waals surface area contributed by atoms with Gasteiger partial charge in [-0.1, -0.05) is 29.8 Å². The second kappa shape index (κ2) is 6.29. The number of imidazole rings is 1. The van der Waals surface area contributed by atoms with Crippen LogP contribution in [0, 0.1) is 22.7 Å². The van der Waals surface area contributed by atoms with E-state index in [1.54, 1.807) is 41.0 Å². The van der Waals surface area contributed by atoms with Gasteiger partial charge in [-0.15, -0.1) is 0 Å². The summed E-state index contributed by atoms with van der Waals surface area (Å²) in [4.78, 5) is 4.62. The minimum Gasteiger partial charge on any atom is -0.338 e. The monoisotopic (exact) mass is 358 g/mol. The van der Waals surface area contributed by atoms with Crippen molar-refractivity contribution in [2.75, 3.05) is 5.32 Å². The Morgan fingerprint density at radius 2 is 1.88 bits per heavy atom. The molecule has 2 aromatic heterocycles. The number of nitrogens with zero attached hydrogens (tertiary/aromatic N) is 4. The fourth-order valence-electron chi connectivity index (χ4n) is 2.73. The molecule has 0 saturated carbocycles. The first-order valence-corrected chi connectivity index (χ1v) is 8.10. The van der Waals surface area contributed by atoms with Crippen LogP contribution in [0.4, 0.5) is 11.5 Å². The number of rotatable bonds is 3. The standard InChI is InChI=1S/C19H11ClN6/c20-15-6-4-13(5-7-15)17-19(24-16-3-1-2-12(8-16)9-21)26-18(25-17)14(10-22)11-23-26/h1-8,11,23-24H. The molecule has 0 aliphatic carbocycles. The maximum Gasteiger partial charge on any atom is 0.173 e. The van der Waals surface area contributed by atoms with E-state index in [0.29, 0.717) is 33.3 Å². The molecule has 0 aliphatic rings. The third kappa shape index (κ3) is 2.65. The summed E-state index contributed by atoms with van der Waals surface area (Å²) in [5.41, 5.74) is 3.79. The van der Waals surface area contributed by atoms with Crippen molar-refractivity contribution in [2.24, 2.45) is 0 Å². The quantitative estimate of drug-likeness (QED) is 0.565. The minimum absolute atomic E-state index is 0.444. The summed E-state index contributed by atoms with van der Waals surface area (Å²) < 4.78 is 1.71. The average Bonchev–Trinajstić information content (AvgIpc) is 3.22. The molecule has 0 radical (unpaired) electrons. The number of anilines is 2. The third-order valence-corrected chi connectivity index (χ3v) is 4.20. The molecule has 0 atom stereocenters. The van der Waals surface area contributed by atoms with Crippen molar-refractivity contribution in [3.05, 3.63) is 70.9 Å². The predicted octanol–water partition coefficient (Wildman–Crippen LogP) is 4.47. The number of aromatic nitrogens is 3. The number of hydrogen-bond donors (Lipinski definition) is 2. The van der Waals surface area contributed by atoms with Crippen LogP contribution in [-0.4, -0.2) is 14.6 Å². The van der Waals surface area contributed by atoms with Gasteiger partial charge in [0.2, 0.25) is 0 Å². The maximum absolute atomic E-state index is 9.29. The zero-order valence-electron chi connectivity index (χ0n) is 13.4. The van der Waals surface area contributed by atoms with Crippen LogP contribution in [0.3, 0.4) is 0 Å². The molecule has 0 aliphatic heterocycles. The largest absolute Gasteiger partial charge is 0.338 e. The van der Waals surface area contributed by atoms with Crippen LogP contribution in [-0.2, 0) is 0 Å². The van der Waals surface area contributed by atoms with Gasteiger partial charge >= 0.3 is 0 Å². The van der Waals surface area contributed by atoms with Gasteiger partial charge in [-0.05, 0) is 30.3 Å². The van der Waals surface area contributed by atoms with E-state index in [4.69, 9.17) is 16.9 Å². The van der Waals surface area contributed by atoms with Gasteiger partial charge in [-0.2, -0.15) is 10.5 Å². The van der Waals surface area contributed by atoms with Gasteiger partial charge in [0.05, 0.1) is 11.6 Å². The van der Waals surface area contributed by atoms with E-state index in [2.05, 4.69) is 27.5 Å². The van der Waals surface area contributed by atoms with Crippen LogP contribution in [0.1, 0.15) is 11.1 Å². The Labute approximate surface area is 153 Å². The Hall–Kier alpha value is -3.74. The first kappa shape index (κ1) is 15.8. The van der Waals surface area contributed by atoms with Crippen molar-refractivity contribution < 1.29 is 0 Å². The summed E-state index contributed by atoms with van der Waals surface area (Å²) in [5.74, 6) is 0.666. The number of nitrogens with one attached hydrogen (secondary N) is 2. The van der Waals surface area contributed by atoms with Crippen molar-refractivity contribution >= 4 is 28.8 Å². The van der Waals surface area contributed by atoms with E-state index in [1.165, 1.54) is 0 Å². The van der Waals surface area contributed by atoms with Gasteiger partial charge in [-0.25, -0.2) is 9.50 Å². The van der Waals surface area contributed by atoms with Crippen LogP contribution in [0.2, 0.25) is 5.02 Å². The Kier molecular flexibility index (Phi) is 3.81. The normalized spacial score (nSPS) is 10.4. The first-order valence-electron chi connectivity index (χ1n) is 7.72. The molecule has 26 heavy (non-hydrogen) atoms. The van der Waals surface area contributed by atoms with Crippen molar-refractivity contribution in [3.63, 3.8) is 0 Å². The predicted molar refractivity (Wildman–Crippen MR) is 99.1 cm³/mol. The highest BCUT2D eigenvalue weighted by molar-refractivity contribution is 6.30. The van der Waals surface area contributed by atoms with Gasteiger partial charge in [0.25, 0.3) is 0 Å². The van der Waals surface area contributed by atoms with E-state index >= 15 is 0 Å². The Morgan fingerprint density at radius 1 is 1.08 bits per heavy atom. The summed E-state index contributed by atoms with van der Waals surface area (Å²) in [6, 6.07) is 18.7. The number of aromatic amines is 1. The molecule has 0 spiro atoms. The van der Waals surface area contributed by atoms with Crippen LogP contribution in [0.15, 0.2) is 54.7 Å². The van der Waals surface area contributed by atoms with Gasteiger partial charge in [0, 0.05) is 22.5 Å². The molecule has 2 N–H and O–H groups in total. The zero-order chi connectivity index (χ0) is 18.1. The first-order chi connectivity index (χ1) is 12.7. The summed E-state index contributed by atoms with van der Waals surface area (Å²) >= 11 is 5.99. The van der Waals surface area contributed by atoms with E-state index in [9.17, 15) is 5.26 Å². The van der Waals surface area contributed by atoms with Crippen molar-refractivity contribution in [1.82, 2.24) is 14.6 Å². The highest BCUT2D eigenvalue weighted by Crippen LogP contribution is 2.32. The number of H-pyrrole nitrogens is 1. The molecule has 6 nitrogen and oxygen atoms in total. The molecular formula is C19H11ClN6.